The molecule has 134 valence electrons. The summed E-state index contributed by atoms with van der Waals surface area (Å²) in [6, 6.07) is 14.9. The number of hydrogen-bond acceptors (Lipinski definition) is 3. The Hall–Kier alpha value is -2.87. The van der Waals surface area contributed by atoms with E-state index in [0.29, 0.717) is 22.3 Å². The van der Waals surface area contributed by atoms with Gasteiger partial charge in [-0.1, -0.05) is 24.3 Å². The monoisotopic (exact) mass is 469 g/mol. The summed E-state index contributed by atoms with van der Waals surface area (Å²) in [4.78, 5) is 27.0. The van der Waals surface area contributed by atoms with Crippen LogP contribution in [0.5, 0.6) is 0 Å². The molecule has 1 aromatic heterocycles. The van der Waals surface area contributed by atoms with Crippen LogP contribution in [0.15, 0.2) is 48.5 Å². The van der Waals surface area contributed by atoms with Crippen LogP contribution in [0.25, 0.3) is 32.9 Å². The number of aromatic amines is 1. The van der Waals surface area contributed by atoms with Crippen LogP contribution in [0, 0.1) is 6.92 Å². The van der Waals surface area contributed by atoms with Crippen molar-refractivity contribution in [2.45, 2.75) is 6.92 Å². The van der Waals surface area contributed by atoms with Crippen molar-refractivity contribution in [3.63, 3.8) is 0 Å². The molecule has 0 fully saturated rings. The number of nitrogens with two attached hydrogens (primary N) is 2. The van der Waals surface area contributed by atoms with Gasteiger partial charge in [0, 0.05) is 50.1 Å². The van der Waals surface area contributed by atoms with E-state index in [0.717, 1.165) is 33.0 Å². The second-order valence-electron chi connectivity index (χ2n) is 6.45. The highest BCUT2D eigenvalue weighted by Crippen LogP contribution is 2.38. The Labute approximate surface area is 168 Å². The number of fused-ring (bicyclic) bond motifs is 3. The number of aromatic nitrogens is 1. The molecule has 5 nitrogen and oxygen atoms in total. The van der Waals surface area contributed by atoms with Crippen LogP contribution in [-0.4, -0.2) is 14.7 Å². The normalized spacial score (nSPS) is 11.2. The largest absolute Gasteiger partial charge is 0.398 e. The van der Waals surface area contributed by atoms with Crippen LogP contribution < -0.4 is 11.5 Å². The highest BCUT2D eigenvalue weighted by atomic mass is 127. The van der Waals surface area contributed by atoms with Crippen molar-refractivity contribution in [2.24, 2.45) is 5.73 Å². The molecular weight excluding hydrogens is 453 g/mol. The fraction of sp³-hybridized carbons (Fsp3) is 0.0476. The first-order valence-electron chi connectivity index (χ1n) is 8.32. The number of benzene rings is 3. The third-order valence-corrected chi connectivity index (χ3v) is 5.54. The van der Waals surface area contributed by atoms with Crippen molar-refractivity contribution in [3.8, 4) is 11.1 Å². The highest BCUT2D eigenvalue weighted by molar-refractivity contribution is 14.1. The van der Waals surface area contributed by atoms with Crippen molar-refractivity contribution in [1.29, 1.82) is 0 Å². The van der Waals surface area contributed by atoms with Crippen LogP contribution in [0.1, 0.15) is 26.3 Å². The summed E-state index contributed by atoms with van der Waals surface area (Å²) in [6.45, 7) is 1.97. The van der Waals surface area contributed by atoms with E-state index in [-0.39, 0.29) is 3.79 Å². The maximum Gasteiger partial charge on any atom is 0.250 e. The lowest BCUT2D eigenvalue weighted by molar-refractivity contribution is 0.100. The van der Waals surface area contributed by atoms with Crippen molar-refractivity contribution in [2.75, 3.05) is 5.73 Å². The first-order valence-corrected chi connectivity index (χ1v) is 9.40. The number of halogens is 1. The SMILES string of the molecule is Cc1c(N)cccc1-c1ccc(C(N)=O)c2[nH]c3cc(C(=O)I)ccc3c12. The van der Waals surface area contributed by atoms with E-state index in [4.69, 9.17) is 11.5 Å². The highest BCUT2D eigenvalue weighted by Gasteiger charge is 2.18. The van der Waals surface area contributed by atoms with Crippen LogP contribution in [0.2, 0.25) is 0 Å². The number of rotatable bonds is 3. The third kappa shape index (κ3) is 2.76. The molecule has 0 radical (unpaired) electrons. The van der Waals surface area contributed by atoms with Crippen LogP contribution >= 0.6 is 22.6 Å². The summed E-state index contributed by atoms with van der Waals surface area (Å²) in [5, 5.41) is 1.81. The van der Waals surface area contributed by atoms with Gasteiger partial charge in [-0.3, -0.25) is 9.59 Å². The van der Waals surface area contributed by atoms with E-state index in [1.165, 1.54) is 0 Å². The molecule has 1 heterocycles. The molecule has 4 aromatic rings. The van der Waals surface area contributed by atoms with Gasteiger partial charge in [0.15, 0.2) is 0 Å². The van der Waals surface area contributed by atoms with Crippen molar-refractivity contribution in [3.05, 3.63) is 65.2 Å². The van der Waals surface area contributed by atoms with Gasteiger partial charge in [0.2, 0.25) is 3.79 Å². The molecule has 0 saturated heterocycles. The molecular formula is C21H16IN3O2. The average molecular weight is 469 g/mol. The molecule has 3 aromatic carbocycles. The molecule has 0 atom stereocenters. The smallest absolute Gasteiger partial charge is 0.250 e. The van der Waals surface area contributed by atoms with E-state index < -0.39 is 5.91 Å². The van der Waals surface area contributed by atoms with Gasteiger partial charge in [0.05, 0.1) is 11.1 Å². The number of anilines is 1. The first kappa shape index (κ1) is 17.5. The lowest BCUT2D eigenvalue weighted by Gasteiger charge is -2.11. The van der Waals surface area contributed by atoms with Crippen LogP contribution in [0.4, 0.5) is 5.69 Å². The molecule has 0 aliphatic rings. The van der Waals surface area contributed by atoms with E-state index in [1.54, 1.807) is 40.8 Å². The number of carbonyl (C=O) groups excluding carboxylic acids is 2. The van der Waals surface area contributed by atoms with Gasteiger partial charge in [0.25, 0.3) is 5.91 Å². The zero-order chi connectivity index (χ0) is 19.3. The standard InChI is InChI=1S/C21H16IN3O2/c1-10-12(3-2-4-16(10)23)13-7-8-15(21(24)27)19-18(13)14-6-5-11(20(22)26)9-17(14)25-19/h2-9,25H,23H2,1H3,(H2,24,27). The number of nitrogen functional groups attached to an aromatic ring is 1. The fourth-order valence-electron chi connectivity index (χ4n) is 3.51. The summed E-state index contributed by atoms with van der Waals surface area (Å²) in [6.07, 6.45) is 0. The average Bonchev–Trinajstić information content (AvgIpc) is 3.01. The number of carbonyl (C=O) groups is 2. The minimum Gasteiger partial charge on any atom is -0.398 e. The molecule has 0 unspecified atom stereocenters. The van der Waals surface area contributed by atoms with Gasteiger partial charge < -0.3 is 16.5 Å². The number of H-pyrrole nitrogens is 1. The zero-order valence-electron chi connectivity index (χ0n) is 14.5. The second-order valence-corrected chi connectivity index (χ2v) is 7.43. The Morgan fingerprint density at radius 3 is 2.52 bits per heavy atom. The predicted octanol–water partition coefficient (Wildman–Crippen LogP) is 4.55. The second kappa shape index (κ2) is 6.38. The van der Waals surface area contributed by atoms with Gasteiger partial charge in [-0.15, -0.1) is 0 Å². The molecule has 0 bridgehead atoms. The number of amides is 1. The van der Waals surface area contributed by atoms with Gasteiger partial charge >= 0.3 is 0 Å². The minimum absolute atomic E-state index is 0.0461. The zero-order valence-corrected chi connectivity index (χ0v) is 16.6. The summed E-state index contributed by atoms with van der Waals surface area (Å²) < 4.78 is -0.0461. The van der Waals surface area contributed by atoms with Crippen LogP contribution in [0.3, 0.4) is 0 Å². The Bertz CT molecular complexity index is 1260. The molecule has 5 N–H and O–H groups in total. The minimum atomic E-state index is -0.507. The summed E-state index contributed by atoms with van der Waals surface area (Å²) in [5.74, 6) is -0.507. The van der Waals surface area contributed by atoms with E-state index in [9.17, 15) is 9.59 Å². The maximum absolute atomic E-state index is 12.0. The number of hydrogen-bond donors (Lipinski definition) is 3. The number of primary amides is 1. The molecule has 6 heteroatoms. The van der Waals surface area contributed by atoms with Crippen molar-refractivity contribution < 1.29 is 9.59 Å². The Kier molecular flexibility index (Phi) is 4.15. The van der Waals surface area contributed by atoms with Crippen molar-refractivity contribution >= 4 is 59.8 Å². The molecule has 0 spiro atoms. The molecule has 0 saturated carbocycles. The van der Waals surface area contributed by atoms with Gasteiger partial charge in [-0.2, -0.15) is 0 Å². The summed E-state index contributed by atoms with van der Waals surface area (Å²) in [5.41, 5.74) is 17.8. The lowest BCUT2D eigenvalue weighted by atomic mass is 9.93. The number of nitrogens with one attached hydrogen (secondary N) is 1. The molecule has 27 heavy (non-hydrogen) atoms. The molecule has 0 aliphatic heterocycles. The summed E-state index contributed by atoms with van der Waals surface area (Å²) in [7, 11) is 0. The van der Waals surface area contributed by atoms with Crippen molar-refractivity contribution in [1.82, 2.24) is 4.98 Å². The van der Waals surface area contributed by atoms with Gasteiger partial charge in [0.1, 0.15) is 0 Å². The Morgan fingerprint density at radius 1 is 1.04 bits per heavy atom. The first-order chi connectivity index (χ1) is 12.9. The van der Waals surface area contributed by atoms with E-state index in [1.807, 2.05) is 37.3 Å². The van der Waals surface area contributed by atoms with Crippen LogP contribution in [-0.2, 0) is 0 Å². The van der Waals surface area contributed by atoms with E-state index >= 15 is 0 Å². The fourth-order valence-corrected chi connectivity index (χ4v) is 3.85. The Morgan fingerprint density at radius 2 is 1.81 bits per heavy atom. The Balaban J connectivity index is 2.16. The molecule has 4 rings (SSSR count). The topological polar surface area (TPSA) is 102 Å². The lowest BCUT2D eigenvalue weighted by Crippen LogP contribution is -2.11. The maximum atomic E-state index is 12.0. The molecule has 0 aliphatic carbocycles. The predicted molar refractivity (Wildman–Crippen MR) is 117 cm³/mol. The van der Waals surface area contributed by atoms with Gasteiger partial charge in [-0.25, -0.2) is 0 Å². The third-order valence-electron chi connectivity index (χ3n) is 4.91. The van der Waals surface area contributed by atoms with Gasteiger partial charge in [-0.05, 0) is 47.9 Å². The quantitative estimate of drug-likeness (QED) is 0.233. The summed E-state index contributed by atoms with van der Waals surface area (Å²) >= 11 is 1.76. The van der Waals surface area contributed by atoms with E-state index in [2.05, 4.69) is 4.98 Å². The molecule has 1 amide bonds.